The Hall–Kier alpha value is -0.720. The summed E-state index contributed by atoms with van der Waals surface area (Å²) < 4.78 is 5.39. The fraction of sp³-hybridized carbons (Fsp3) is 0.375. The number of hydrogen-bond acceptors (Lipinski definition) is 4. The zero-order valence-electron chi connectivity index (χ0n) is 7.37. The number of aryl methyl sites for hydroxylation is 1. The molecular formula is C8H9IN2O2. The molecule has 5 heteroatoms. The van der Waals surface area contributed by atoms with E-state index in [-0.39, 0.29) is 0 Å². The van der Waals surface area contributed by atoms with Gasteiger partial charge in [0.15, 0.2) is 5.69 Å². The SMILES string of the molecule is CCOC(=O)c1nc(C)cnc1I. The van der Waals surface area contributed by atoms with Crippen LogP contribution in [-0.4, -0.2) is 22.5 Å². The lowest BCUT2D eigenvalue weighted by atomic mass is 10.4. The molecule has 4 nitrogen and oxygen atoms in total. The molecule has 0 saturated heterocycles. The normalized spacial score (nSPS) is 9.77. The maximum Gasteiger partial charge on any atom is 0.359 e. The molecule has 1 aromatic heterocycles. The molecule has 0 amide bonds. The molecular weight excluding hydrogens is 283 g/mol. The van der Waals surface area contributed by atoms with E-state index in [4.69, 9.17) is 4.74 Å². The molecule has 13 heavy (non-hydrogen) atoms. The van der Waals surface area contributed by atoms with E-state index in [0.29, 0.717) is 21.7 Å². The van der Waals surface area contributed by atoms with Crippen molar-refractivity contribution in [1.29, 1.82) is 0 Å². The van der Waals surface area contributed by atoms with Crippen molar-refractivity contribution in [1.82, 2.24) is 9.97 Å². The van der Waals surface area contributed by atoms with Crippen LogP contribution >= 0.6 is 22.6 Å². The largest absolute Gasteiger partial charge is 0.461 e. The van der Waals surface area contributed by atoms with Crippen molar-refractivity contribution in [2.24, 2.45) is 0 Å². The van der Waals surface area contributed by atoms with E-state index in [0.717, 1.165) is 0 Å². The highest BCUT2D eigenvalue weighted by Gasteiger charge is 2.13. The fourth-order valence-corrected chi connectivity index (χ4v) is 1.27. The highest BCUT2D eigenvalue weighted by atomic mass is 127. The van der Waals surface area contributed by atoms with Crippen LogP contribution in [0.5, 0.6) is 0 Å². The molecule has 0 N–H and O–H groups in total. The van der Waals surface area contributed by atoms with E-state index in [2.05, 4.69) is 9.97 Å². The van der Waals surface area contributed by atoms with Crippen LogP contribution in [-0.2, 0) is 4.74 Å². The van der Waals surface area contributed by atoms with Gasteiger partial charge in [0.05, 0.1) is 12.3 Å². The molecule has 0 radical (unpaired) electrons. The Labute approximate surface area is 89.9 Å². The van der Waals surface area contributed by atoms with Crippen molar-refractivity contribution in [2.45, 2.75) is 13.8 Å². The predicted molar refractivity (Wildman–Crippen MR) is 55.4 cm³/mol. The number of esters is 1. The highest BCUT2D eigenvalue weighted by molar-refractivity contribution is 14.1. The average Bonchev–Trinajstić information content (AvgIpc) is 2.09. The van der Waals surface area contributed by atoms with Crippen molar-refractivity contribution in [3.05, 3.63) is 21.3 Å². The van der Waals surface area contributed by atoms with Crippen LogP contribution in [0, 0.1) is 10.6 Å². The van der Waals surface area contributed by atoms with Crippen molar-refractivity contribution in [2.75, 3.05) is 6.61 Å². The van der Waals surface area contributed by atoms with Gasteiger partial charge >= 0.3 is 5.97 Å². The maximum atomic E-state index is 11.3. The van der Waals surface area contributed by atoms with Crippen LogP contribution in [0.2, 0.25) is 0 Å². The first kappa shape index (κ1) is 10.4. The van der Waals surface area contributed by atoms with Gasteiger partial charge in [0, 0.05) is 6.20 Å². The Morgan fingerprint density at radius 3 is 3.00 bits per heavy atom. The average molecular weight is 292 g/mol. The Kier molecular flexibility index (Phi) is 3.58. The molecule has 0 aliphatic carbocycles. The van der Waals surface area contributed by atoms with E-state index in [1.54, 1.807) is 20.0 Å². The second-order valence-corrected chi connectivity index (χ2v) is 3.39. The van der Waals surface area contributed by atoms with Crippen LogP contribution in [0.15, 0.2) is 6.20 Å². The lowest BCUT2D eigenvalue weighted by molar-refractivity contribution is 0.0517. The first-order valence-corrected chi connectivity index (χ1v) is 4.89. The Balaban J connectivity index is 2.99. The second-order valence-electron chi connectivity index (χ2n) is 2.37. The molecule has 0 aliphatic heterocycles. The van der Waals surface area contributed by atoms with Crippen molar-refractivity contribution in [3.63, 3.8) is 0 Å². The minimum absolute atomic E-state index is 0.294. The van der Waals surface area contributed by atoms with Gasteiger partial charge in [0.2, 0.25) is 0 Å². The molecule has 1 rings (SSSR count). The standard InChI is InChI=1S/C8H9IN2O2/c1-3-13-8(12)6-7(9)10-4-5(2)11-6/h4H,3H2,1-2H3. The van der Waals surface area contributed by atoms with Gasteiger partial charge in [-0.3, -0.25) is 0 Å². The molecule has 0 bridgehead atoms. The van der Waals surface area contributed by atoms with E-state index in [1.165, 1.54) is 0 Å². The maximum absolute atomic E-state index is 11.3. The van der Waals surface area contributed by atoms with Gasteiger partial charge < -0.3 is 4.74 Å². The molecule has 0 atom stereocenters. The number of halogens is 1. The quantitative estimate of drug-likeness (QED) is 0.613. The minimum atomic E-state index is -0.414. The van der Waals surface area contributed by atoms with Gasteiger partial charge in [-0.05, 0) is 36.4 Å². The summed E-state index contributed by atoms with van der Waals surface area (Å²) in [5.74, 6) is -0.414. The lowest BCUT2D eigenvalue weighted by Crippen LogP contribution is -2.11. The summed E-state index contributed by atoms with van der Waals surface area (Å²) in [6, 6.07) is 0. The summed E-state index contributed by atoms with van der Waals surface area (Å²) in [5, 5.41) is 0. The smallest absolute Gasteiger partial charge is 0.359 e. The van der Waals surface area contributed by atoms with E-state index in [9.17, 15) is 4.79 Å². The van der Waals surface area contributed by atoms with Crippen LogP contribution in [0.4, 0.5) is 0 Å². The molecule has 70 valence electrons. The number of hydrogen-bond donors (Lipinski definition) is 0. The van der Waals surface area contributed by atoms with E-state index < -0.39 is 5.97 Å². The summed E-state index contributed by atoms with van der Waals surface area (Å²) >= 11 is 1.96. The molecule has 0 spiro atoms. The van der Waals surface area contributed by atoms with Gasteiger partial charge in [-0.25, -0.2) is 14.8 Å². The van der Waals surface area contributed by atoms with Crippen molar-refractivity contribution in [3.8, 4) is 0 Å². The topological polar surface area (TPSA) is 52.1 Å². The molecule has 0 fully saturated rings. The van der Waals surface area contributed by atoms with Crippen molar-refractivity contribution >= 4 is 28.6 Å². The zero-order chi connectivity index (χ0) is 9.84. The second kappa shape index (κ2) is 4.50. The monoisotopic (exact) mass is 292 g/mol. The third-order valence-electron chi connectivity index (χ3n) is 1.32. The van der Waals surface area contributed by atoms with Crippen LogP contribution in [0.25, 0.3) is 0 Å². The highest BCUT2D eigenvalue weighted by Crippen LogP contribution is 2.08. The Morgan fingerprint density at radius 2 is 2.38 bits per heavy atom. The zero-order valence-corrected chi connectivity index (χ0v) is 9.53. The number of aromatic nitrogens is 2. The first-order valence-electron chi connectivity index (χ1n) is 3.81. The molecule has 0 saturated carbocycles. The van der Waals surface area contributed by atoms with Gasteiger partial charge in [0.1, 0.15) is 3.70 Å². The summed E-state index contributed by atoms with van der Waals surface area (Å²) in [5.41, 5.74) is 1.01. The fourth-order valence-electron chi connectivity index (χ4n) is 0.792. The molecule has 0 aromatic carbocycles. The first-order chi connectivity index (χ1) is 6.15. The summed E-state index contributed by atoms with van der Waals surface area (Å²) in [4.78, 5) is 19.3. The molecule has 1 aromatic rings. The van der Waals surface area contributed by atoms with Crippen LogP contribution in [0.3, 0.4) is 0 Å². The van der Waals surface area contributed by atoms with Gasteiger partial charge in [0.25, 0.3) is 0 Å². The third kappa shape index (κ3) is 2.61. The van der Waals surface area contributed by atoms with E-state index >= 15 is 0 Å². The summed E-state index contributed by atoms with van der Waals surface area (Å²) in [6.45, 7) is 3.89. The number of nitrogens with zero attached hydrogens (tertiary/aromatic N) is 2. The minimum Gasteiger partial charge on any atom is -0.461 e. The van der Waals surface area contributed by atoms with Crippen molar-refractivity contribution < 1.29 is 9.53 Å². The summed E-state index contributed by atoms with van der Waals surface area (Å²) in [6.07, 6.45) is 1.62. The number of rotatable bonds is 2. The summed E-state index contributed by atoms with van der Waals surface area (Å²) in [7, 11) is 0. The Bertz CT molecular complexity index is 328. The number of carbonyl (C=O) groups excluding carboxylic acids is 1. The predicted octanol–water partition coefficient (Wildman–Crippen LogP) is 1.57. The van der Waals surface area contributed by atoms with Crippen LogP contribution < -0.4 is 0 Å². The number of ether oxygens (including phenoxy) is 1. The van der Waals surface area contributed by atoms with Crippen LogP contribution in [0.1, 0.15) is 23.1 Å². The Morgan fingerprint density at radius 1 is 1.69 bits per heavy atom. The number of carbonyl (C=O) groups is 1. The lowest BCUT2D eigenvalue weighted by Gasteiger charge is -2.02. The molecule has 0 unspecified atom stereocenters. The third-order valence-corrected chi connectivity index (χ3v) is 2.11. The van der Waals surface area contributed by atoms with E-state index in [1.807, 2.05) is 22.6 Å². The van der Waals surface area contributed by atoms with Gasteiger partial charge in [-0.1, -0.05) is 0 Å². The molecule has 0 aliphatic rings. The molecule has 1 heterocycles. The van der Waals surface area contributed by atoms with Gasteiger partial charge in [-0.15, -0.1) is 0 Å². The van der Waals surface area contributed by atoms with Gasteiger partial charge in [-0.2, -0.15) is 0 Å².